The lowest BCUT2D eigenvalue weighted by atomic mass is 10.0. The number of hydrogen-bond acceptors (Lipinski definition) is 5. The number of rotatable bonds is 5. The van der Waals surface area contributed by atoms with Gasteiger partial charge >= 0.3 is 5.97 Å². The van der Waals surface area contributed by atoms with Crippen molar-refractivity contribution >= 4 is 28.4 Å². The van der Waals surface area contributed by atoms with E-state index in [9.17, 15) is 9.90 Å². The predicted molar refractivity (Wildman–Crippen MR) is 132 cm³/mol. The Balaban J connectivity index is 1.32. The summed E-state index contributed by atoms with van der Waals surface area (Å²) in [6.07, 6.45) is 3.93. The minimum absolute atomic E-state index is 0.216. The number of para-hydroxylation sites is 1. The van der Waals surface area contributed by atoms with Crippen molar-refractivity contribution in [2.45, 2.75) is 18.9 Å². The summed E-state index contributed by atoms with van der Waals surface area (Å²) in [6, 6.07) is 24.4. The highest BCUT2D eigenvalue weighted by Gasteiger charge is 2.23. The Labute approximate surface area is 193 Å². The molecule has 6 heteroatoms. The van der Waals surface area contributed by atoms with E-state index >= 15 is 0 Å². The SMILES string of the molecule is CN(c1ccccc1)C1CCN(c2cccc(-c3cnc4cc(C(=O)O)ccc4n3)c2)CC1. The van der Waals surface area contributed by atoms with Crippen LogP contribution >= 0.6 is 0 Å². The van der Waals surface area contributed by atoms with E-state index in [-0.39, 0.29) is 5.56 Å². The third-order valence-electron chi connectivity index (χ3n) is 6.47. The van der Waals surface area contributed by atoms with Gasteiger partial charge in [-0.25, -0.2) is 9.78 Å². The van der Waals surface area contributed by atoms with Gasteiger partial charge in [0.15, 0.2) is 0 Å². The van der Waals surface area contributed by atoms with Crippen LogP contribution in [-0.2, 0) is 0 Å². The van der Waals surface area contributed by atoms with Crippen LogP contribution in [0, 0.1) is 0 Å². The summed E-state index contributed by atoms with van der Waals surface area (Å²) >= 11 is 0. The highest BCUT2D eigenvalue weighted by Crippen LogP contribution is 2.28. The van der Waals surface area contributed by atoms with Gasteiger partial charge in [-0.1, -0.05) is 30.3 Å². The van der Waals surface area contributed by atoms with Crippen molar-refractivity contribution < 1.29 is 9.90 Å². The number of carboxylic acid groups (broad SMARTS) is 1. The van der Waals surface area contributed by atoms with E-state index in [1.807, 2.05) is 6.07 Å². The number of carboxylic acids is 1. The lowest BCUT2D eigenvalue weighted by Gasteiger charge is -2.39. The van der Waals surface area contributed by atoms with Gasteiger partial charge in [0.25, 0.3) is 0 Å². The van der Waals surface area contributed by atoms with E-state index in [4.69, 9.17) is 4.98 Å². The molecule has 1 aliphatic rings. The van der Waals surface area contributed by atoms with Gasteiger partial charge in [0.2, 0.25) is 0 Å². The van der Waals surface area contributed by atoms with Gasteiger partial charge < -0.3 is 14.9 Å². The lowest BCUT2D eigenvalue weighted by molar-refractivity contribution is 0.0697. The number of nitrogens with zero attached hydrogens (tertiary/aromatic N) is 4. The first kappa shape index (κ1) is 20.9. The van der Waals surface area contributed by atoms with E-state index in [1.54, 1.807) is 24.4 Å². The number of aromatic nitrogens is 2. The molecule has 0 amide bonds. The van der Waals surface area contributed by atoms with Crippen LogP contribution in [-0.4, -0.2) is 47.2 Å². The molecule has 0 bridgehead atoms. The molecule has 0 radical (unpaired) electrons. The fourth-order valence-corrected chi connectivity index (χ4v) is 4.53. The van der Waals surface area contributed by atoms with E-state index in [0.717, 1.165) is 37.2 Å². The minimum atomic E-state index is -0.964. The Kier molecular flexibility index (Phi) is 5.65. The molecule has 2 heterocycles. The van der Waals surface area contributed by atoms with E-state index in [0.29, 0.717) is 17.1 Å². The summed E-state index contributed by atoms with van der Waals surface area (Å²) in [5.74, 6) is -0.964. The van der Waals surface area contributed by atoms with E-state index in [2.05, 4.69) is 70.4 Å². The molecule has 166 valence electrons. The number of piperidine rings is 1. The molecule has 0 saturated carbocycles. The van der Waals surface area contributed by atoms with Crippen LogP contribution in [0.15, 0.2) is 79.0 Å². The van der Waals surface area contributed by atoms with Gasteiger partial charge in [0, 0.05) is 43.1 Å². The molecule has 5 rings (SSSR count). The molecule has 0 aliphatic carbocycles. The molecular weight excluding hydrogens is 412 g/mol. The van der Waals surface area contributed by atoms with Gasteiger partial charge in [-0.15, -0.1) is 0 Å². The lowest BCUT2D eigenvalue weighted by Crippen LogP contribution is -2.43. The van der Waals surface area contributed by atoms with E-state index in [1.165, 1.54) is 11.4 Å². The van der Waals surface area contributed by atoms with Gasteiger partial charge in [0.1, 0.15) is 0 Å². The third kappa shape index (κ3) is 4.37. The number of aromatic carboxylic acids is 1. The fraction of sp³-hybridized carbons (Fsp3) is 0.222. The number of hydrogen-bond donors (Lipinski definition) is 1. The zero-order chi connectivity index (χ0) is 22.8. The van der Waals surface area contributed by atoms with Gasteiger partial charge in [-0.3, -0.25) is 4.98 Å². The molecule has 1 saturated heterocycles. The van der Waals surface area contributed by atoms with Crippen LogP contribution in [0.4, 0.5) is 11.4 Å². The summed E-state index contributed by atoms with van der Waals surface area (Å²) in [5, 5.41) is 9.18. The molecule has 0 atom stereocenters. The second kappa shape index (κ2) is 8.90. The zero-order valence-corrected chi connectivity index (χ0v) is 18.6. The standard InChI is InChI=1S/C27H26N4O2/c1-30(21-7-3-2-4-8-21)22-12-14-31(15-13-22)23-9-5-6-19(16-23)26-18-28-25-17-20(27(32)33)10-11-24(25)29-26/h2-11,16-18,22H,12-15H2,1H3,(H,32,33). The highest BCUT2D eigenvalue weighted by molar-refractivity contribution is 5.92. The Morgan fingerprint density at radius 2 is 1.76 bits per heavy atom. The smallest absolute Gasteiger partial charge is 0.335 e. The molecule has 1 N–H and O–H groups in total. The normalized spacial score (nSPS) is 14.4. The molecule has 1 aliphatic heterocycles. The second-order valence-electron chi connectivity index (χ2n) is 8.48. The first-order valence-electron chi connectivity index (χ1n) is 11.2. The summed E-state index contributed by atoms with van der Waals surface area (Å²) in [4.78, 5) is 25.2. The summed E-state index contributed by atoms with van der Waals surface area (Å²) < 4.78 is 0. The van der Waals surface area contributed by atoms with Crippen molar-refractivity contribution in [3.05, 3.63) is 84.6 Å². The number of benzene rings is 3. The van der Waals surface area contributed by atoms with Crippen LogP contribution < -0.4 is 9.80 Å². The average molecular weight is 439 g/mol. The minimum Gasteiger partial charge on any atom is -0.478 e. The molecule has 0 spiro atoms. The molecule has 3 aromatic carbocycles. The molecular formula is C27H26N4O2. The summed E-state index contributed by atoms with van der Waals surface area (Å²) in [6.45, 7) is 2.01. The van der Waals surface area contributed by atoms with Crippen molar-refractivity contribution in [1.82, 2.24) is 9.97 Å². The monoisotopic (exact) mass is 438 g/mol. The molecule has 0 unspecified atom stereocenters. The van der Waals surface area contributed by atoms with Crippen molar-refractivity contribution in [1.29, 1.82) is 0 Å². The maximum absolute atomic E-state index is 11.2. The Bertz CT molecular complexity index is 1280. The largest absolute Gasteiger partial charge is 0.478 e. The Morgan fingerprint density at radius 3 is 2.52 bits per heavy atom. The van der Waals surface area contributed by atoms with Gasteiger partial charge in [-0.2, -0.15) is 0 Å². The highest BCUT2D eigenvalue weighted by atomic mass is 16.4. The number of fused-ring (bicyclic) bond motifs is 1. The molecule has 1 aromatic heterocycles. The second-order valence-corrected chi connectivity index (χ2v) is 8.48. The van der Waals surface area contributed by atoms with Crippen LogP contribution in [0.2, 0.25) is 0 Å². The van der Waals surface area contributed by atoms with Gasteiger partial charge in [0.05, 0.1) is 28.5 Å². The third-order valence-corrected chi connectivity index (χ3v) is 6.47. The van der Waals surface area contributed by atoms with Crippen LogP contribution in [0.5, 0.6) is 0 Å². The quantitative estimate of drug-likeness (QED) is 0.468. The first-order valence-corrected chi connectivity index (χ1v) is 11.2. The number of carbonyl (C=O) groups is 1. The maximum Gasteiger partial charge on any atom is 0.335 e. The summed E-state index contributed by atoms with van der Waals surface area (Å²) in [5.41, 5.74) is 5.73. The molecule has 33 heavy (non-hydrogen) atoms. The van der Waals surface area contributed by atoms with Crippen LogP contribution in [0.3, 0.4) is 0 Å². The zero-order valence-electron chi connectivity index (χ0n) is 18.6. The summed E-state index contributed by atoms with van der Waals surface area (Å²) in [7, 11) is 2.19. The van der Waals surface area contributed by atoms with Gasteiger partial charge in [-0.05, 0) is 55.3 Å². The van der Waals surface area contributed by atoms with E-state index < -0.39 is 5.97 Å². The molecule has 6 nitrogen and oxygen atoms in total. The van der Waals surface area contributed by atoms with Crippen LogP contribution in [0.25, 0.3) is 22.3 Å². The van der Waals surface area contributed by atoms with Crippen molar-refractivity contribution in [2.24, 2.45) is 0 Å². The Morgan fingerprint density at radius 1 is 0.970 bits per heavy atom. The maximum atomic E-state index is 11.2. The first-order chi connectivity index (χ1) is 16.1. The van der Waals surface area contributed by atoms with Crippen molar-refractivity contribution in [3.8, 4) is 11.3 Å². The predicted octanol–water partition coefficient (Wildman–Crippen LogP) is 5.10. The molecule has 4 aromatic rings. The van der Waals surface area contributed by atoms with Crippen molar-refractivity contribution in [3.63, 3.8) is 0 Å². The molecule has 1 fully saturated rings. The topological polar surface area (TPSA) is 69.6 Å². The fourth-order valence-electron chi connectivity index (χ4n) is 4.53. The van der Waals surface area contributed by atoms with Crippen molar-refractivity contribution in [2.75, 3.05) is 29.9 Å². The average Bonchev–Trinajstić information content (AvgIpc) is 2.88. The number of anilines is 2. The Hall–Kier alpha value is -3.93. The van der Waals surface area contributed by atoms with Crippen LogP contribution in [0.1, 0.15) is 23.2 Å².